The van der Waals surface area contributed by atoms with Gasteiger partial charge in [-0.1, -0.05) is 13.0 Å². The van der Waals surface area contributed by atoms with Crippen LogP contribution in [0.2, 0.25) is 0 Å². The Bertz CT molecular complexity index is 585. The molecule has 2 aromatic rings. The van der Waals surface area contributed by atoms with Gasteiger partial charge < -0.3 is 0 Å². The largest absolute Gasteiger partial charge is 0.287 e. The zero-order valence-corrected chi connectivity index (χ0v) is 10.1. The van der Waals surface area contributed by atoms with Crippen molar-refractivity contribution in [3.05, 3.63) is 52.9 Å². The number of ketones is 1. The molecule has 0 unspecified atom stereocenters. The van der Waals surface area contributed by atoms with Crippen LogP contribution in [0.1, 0.15) is 28.7 Å². The summed E-state index contributed by atoms with van der Waals surface area (Å²) in [6, 6.07) is 4.90. The Kier molecular flexibility index (Phi) is 3.23. The van der Waals surface area contributed by atoms with Crippen molar-refractivity contribution in [3.8, 4) is 0 Å². The average Bonchev–Trinajstić information content (AvgIpc) is 2.70. The molecule has 18 heavy (non-hydrogen) atoms. The van der Waals surface area contributed by atoms with Gasteiger partial charge in [-0.15, -0.1) is 0 Å². The van der Waals surface area contributed by atoms with Crippen LogP contribution in [0.4, 0.5) is 8.78 Å². The number of halogens is 2. The number of hydrogen-bond donors (Lipinski definition) is 0. The van der Waals surface area contributed by atoms with Gasteiger partial charge in [0.2, 0.25) is 5.78 Å². The van der Waals surface area contributed by atoms with Crippen LogP contribution in [0, 0.1) is 11.6 Å². The highest BCUT2D eigenvalue weighted by Crippen LogP contribution is 2.17. The first-order valence-corrected chi connectivity index (χ1v) is 5.56. The average molecular weight is 250 g/mol. The molecule has 0 atom stereocenters. The van der Waals surface area contributed by atoms with E-state index in [9.17, 15) is 13.6 Å². The van der Waals surface area contributed by atoms with Crippen molar-refractivity contribution in [2.24, 2.45) is 7.05 Å². The molecule has 1 aromatic carbocycles. The predicted octanol–water partition coefficient (Wildman–Crippen LogP) is 2.49. The van der Waals surface area contributed by atoms with E-state index >= 15 is 0 Å². The second-order valence-corrected chi connectivity index (χ2v) is 3.92. The number of rotatable bonds is 3. The lowest BCUT2D eigenvalue weighted by Crippen LogP contribution is -2.12. The van der Waals surface area contributed by atoms with E-state index in [-0.39, 0.29) is 5.69 Å². The highest BCUT2D eigenvalue weighted by molar-refractivity contribution is 6.08. The van der Waals surface area contributed by atoms with Crippen LogP contribution in [0.5, 0.6) is 0 Å². The fourth-order valence-electron chi connectivity index (χ4n) is 1.75. The van der Waals surface area contributed by atoms with E-state index in [1.54, 1.807) is 13.1 Å². The van der Waals surface area contributed by atoms with Crippen molar-refractivity contribution in [2.45, 2.75) is 13.3 Å². The van der Waals surface area contributed by atoms with Crippen LogP contribution in [0.3, 0.4) is 0 Å². The molecular formula is C13H12F2N2O. The summed E-state index contributed by atoms with van der Waals surface area (Å²) in [6.07, 6.45) is 0.654. The minimum absolute atomic E-state index is 0.177. The topological polar surface area (TPSA) is 34.9 Å². The molecule has 0 amide bonds. The standard InChI is InChI=1S/C13H12F2N2O/c1-3-8-7-11(17(2)16-8)13(18)12-9(14)5-4-6-10(12)15/h4-7H,3H2,1-2H3. The molecule has 94 valence electrons. The first-order valence-electron chi connectivity index (χ1n) is 5.56. The lowest BCUT2D eigenvalue weighted by atomic mass is 10.1. The Morgan fingerprint density at radius 3 is 2.44 bits per heavy atom. The molecule has 0 fully saturated rings. The summed E-state index contributed by atoms with van der Waals surface area (Å²) in [5, 5.41) is 4.09. The number of carbonyl (C=O) groups excluding carboxylic acids is 1. The Hall–Kier alpha value is -2.04. The number of hydrogen-bond acceptors (Lipinski definition) is 2. The summed E-state index contributed by atoms with van der Waals surface area (Å²) >= 11 is 0. The zero-order valence-electron chi connectivity index (χ0n) is 10.1. The smallest absolute Gasteiger partial charge is 0.216 e. The molecule has 0 N–H and O–H groups in total. The van der Waals surface area contributed by atoms with Crippen LogP contribution in [0.15, 0.2) is 24.3 Å². The summed E-state index contributed by atoms with van der Waals surface area (Å²) in [4.78, 5) is 12.1. The van der Waals surface area contributed by atoms with E-state index in [1.807, 2.05) is 6.92 Å². The van der Waals surface area contributed by atoms with Gasteiger partial charge in [-0.25, -0.2) is 8.78 Å². The second-order valence-electron chi connectivity index (χ2n) is 3.92. The summed E-state index contributed by atoms with van der Waals surface area (Å²) in [6.45, 7) is 1.89. The molecule has 0 aliphatic carbocycles. The second kappa shape index (κ2) is 4.68. The van der Waals surface area contributed by atoms with E-state index in [1.165, 1.54) is 10.7 Å². The Labute approximate surface area is 103 Å². The van der Waals surface area contributed by atoms with Crippen LogP contribution >= 0.6 is 0 Å². The van der Waals surface area contributed by atoms with E-state index < -0.39 is 23.0 Å². The number of aryl methyl sites for hydroxylation is 2. The molecule has 1 heterocycles. The van der Waals surface area contributed by atoms with Gasteiger partial charge in [0, 0.05) is 7.05 Å². The molecule has 0 aliphatic heterocycles. The van der Waals surface area contributed by atoms with Crippen LogP contribution in [0.25, 0.3) is 0 Å². The van der Waals surface area contributed by atoms with Gasteiger partial charge in [-0.3, -0.25) is 9.48 Å². The van der Waals surface area contributed by atoms with E-state index in [2.05, 4.69) is 5.10 Å². The predicted molar refractivity (Wildman–Crippen MR) is 62.4 cm³/mol. The molecule has 0 saturated heterocycles. The number of carbonyl (C=O) groups is 1. The quantitative estimate of drug-likeness (QED) is 0.784. The molecule has 0 spiro atoms. The van der Waals surface area contributed by atoms with Gasteiger partial charge in [0.25, 0.3) is 0 Å². The molecule has 3 nitrogen and oxygen atoms in total. The maximum absolute atomic E-state index is 13.5. The highest BCUT2D eigenvalue weighted by atomic mass is 19.1. The SMILES string of the molecule is CCc1cc(C(=O)c2c(F)cccc2F)n(C)n1. The van der Waals surface area contributed by atoms with Crippen LogP contribution in [-0.4, -0.2) is 15.6 Å². The summed E-state index contributed by atoms with van der Waals surface area (Å²) < 4.78 is 28.4. The molecule has 1 aromatic heterocycles. The molecule has 0 aliphatic rings. The van der Waals surface area contributed by atoms with E-state index in [0.717, 1.165) is 12.1 Å². The van der Waals surface area contributed by atoms with Gasteiger partial charge in [0.05, 0.1) is 11.3 Å². The first kappa shape index (κ1) is 12.4. The number of benzene rings is 1. The third-order valence-electron chi connectivity index (χ3n) is 2.72. The van der Waals surface area contributed by atoms with Gasteiger partial charge in [-0.2, -0.15) is 5.10 Å². The molecule has 0 radical (unpaired) electrons. The third-order valence-corrected chi connectivity index (χ3v) is 2.72. The van der Waals surface area contributed by atoms with E-state index in [4.69, 9.17) is 0 Å². The Morgan fingerprint density at radius 1 is 1.33 bits per heavy atom. The van der Waals surface area contributed by atoms with Crippen molar-refractivity contribution in [1.29, 1.82) is 0 Å². The monoisotopic (exact) mass is 250 g/mol. The molecule has 2 rings (SSSR count). The highest BCUT2D eigenvalue weighted by Gasteiger charge is 2.21. The fourth-order valence-corrected chi connectivity index (χ4v) is 1.75. The van der Waals surface area contributed by atoms with Crippen molar-refractivity contribution < 1.29 is 13.6 Å². The molecular weight excluding hydrogens is 238 g/mol. The minimum Gasteiger partial charge on any atom is -0.287 e. The Morgan fingerprint density at radius 2 is 1.94 bits per heavy atom. The van der Waals surface area contributed by atoms with Crippen LogP contribution < -0.4 is 0 Å². The number of nitrogens with zero attached hydrogens (tertiary/aromatic N) is 2. The zero-order chi connectivity index (χ0) is 13.3. The van der Waals surface area contributed by atoms with Gasteiger partial charge in [0.1, 0.15) is 17.3 Å². The summed E-state index contributed by atoms with van der Waals surface area (Å²) in [5.41, 5.74) is 0.344. The molecule has 5 heteroatoms. The van der Waals surface area contributed by atoms with Crippen molar-refractivity contribution in [2.75, 3.05) is 0 Å². The van der Waals surface area contributed by atoms with Gasteiger partial charge >= 0.3 is 0 Å². The Balaban J connectivity index is 2.51. The lowest BCUT2D eigenvalue weighted by molar-refractivity contribution is 0.102. The summed E-state index contributed by atoms with van der Waals surface area (Å²) in [5.74, 6) is -2.42. The minimum atomic E-state index is -0.862. The lowest BCUT2D eigenvalue weighted by Gasteiger charge is -2.03. The fraction of sp³-hybridized carbons (Fsp3) is 0.231. The van der Waals surface area contributed by atoms with Gasteiger partial charge in [0.15, 0.2) is 0 Å². The van der Waals surface area contributed by atoms with E-state index in [0.29, 0.717) is 12.1 Å². The molecule has 0 bridgehead atoms. The van der Waals surface area contributed by atoms with Crippen LogP contribution in [-0.2, 0) is 13.5 Å². The maximum Gasteiger partial charge on any atom is 0.216 e. The third kappa shape index (κ3) is 2.03. The van der Waals surface area contributed by atoms with Crippen molar-refractivity contribution >= 4 is 5.78 Å². The molecule has 0 saturated carbocycles. The van der Waals surface area contributed by atoms with Crippen molar-refractivity contribution in [3.63, 3.8) is 0 Å². The normalized spacial score (nSPS) is 10.7. The number of aromatic nitrogens is 2. The maximum atomic E-state index is 13.5. The summed E-state index contributed by atoms with van der Waals surface area (Å²) in [7, 11) is 1.57. The van der Waals surface area contributed by atoms with Gasteiger partial charge in [-0.05, 0) is 24.6 Å². The van der Waals surface area contributed by atoms with Crippen molar-refractivity contribution in [1.82, 2.24) is 9.78 Å². The first-order chi connectivity index (χ1) is 8.54.